The number of ether oxygens (including phenoxy) is 1. The summed E-state index contributed by atoms with van der Waals surface area (Å²) in [5.41, 5.74) is 2.24. The molecule has 0 aromatic heterocycles. The molecule has 32 heavy (non-hydrogen) atoms. The number of carbonyl (C=O) groups is 2. The molecule has 1 heterocycles. The van der Waals surface area contributed by atoms with Gasteiger partial charge in [0.2, 0.25) is 5.91 Å². The van der Waals surface area contributed by atoms with Gasteiger partial charge in [0.25, 0.3) is 0 Å². The average Bonchev–Trinajstić information content (AvgIpc) is 2.86. The van der Waals surface area contributed by atoms with Gasteiger partial charge in [-0.25, -0.2) is 0 Å². The Morgan fingerprint density at radius 3 is 2.59 bits per heavy atom. The predicted octanol–water partition coefficient (Wildman–Crippen LogP) is 6.73. The number of rotatable bonds is 9. The van der Waals surface area contributed by atoms with Crippen molar-refractivity contribution >= 4 is 35.1 Å². The standard InChI is InChI=1S/C23H32ClNO3.C3H5Cl/c1-5-7-8-17-15-25(12-11-22(26)28-6-2)23(27)21(13-16(3)4)19-10-9-18(24)14-20(17)19;1-2-3-4/h5,7,9-10,14,16-17,21H,6,8,11-13,15H2,1-4H3;2H,1,3H2/b7-5-;. The van der Waals surface area contributed by atoms with Crippen molar-refractivity contribution in [2.45, 2.75) is 58.8 Å². The topological polar surface area (TPSA) is 46.6 Å². The number of allylic oxidation sites excluding steroid dienone is 3. The van der Waals surface area contributed by atoms with Crippen LogP contribution in [0.5, 0.6) is 0 Å². The molecule has 0 radical (unpaired) electrons. The van der Waals surface area contributed by atoms with E-state index < -0.39 is 0 Å². The fraction of sp³-hybridized carbons (Fsp3) is 0.538. The first kappa shape index (κ1) is 28.3. The molecule has 0 spiro atoms. The van der Waals surface area contributed by atoms with Crippen molar-refractivity contribution in [3.63, 3.8) is 0 Å². The maximum absolute atomic E-state index is 13.4. The van der Waals surface area contributed by atoms with Gasteiger partial charge in [-0.05, 0) is 55.9 Å². The summed E-state index contributed by atoms with van der Waals surface area (Å²) in [4.78, 5) is 27.2. The summed E-state index contributed by atoms with van der Waals surface area (Å²) in [5, 5.41) is 0.694. The molecule has 0 saturated carbocycles. The maximum atomic E-state index is 13.4. The molecule has 0 fully saturated rings. The van der Waals surface area contributed by atoms with Crippen molar-refractivity contribution in [2.75, 3.05) is 25.6 Å². The molecular weight excluding hydrogens is 445 g/mol. The molecule has 0 N–H and O–H groups in total. The lowest BCUT2D eigenvalue weighted by molar-refractivity contribution is -0.144. The van der Waals surface area contributed by atoms with Crippen molar-refractivity contribution < 1.29 is 14.3 Å². The van der Waals surface area contributed by atoms with Gasteiger partial charge >= 0.3 is 5.97 Å². The van der Waals surface area contributed by atoms with Crippen molar-refractivity contribution in [1.82, 2.24) is 4.90 Å². The lowest BCUT2D eigenvalue weighted by atomic mass is 9.83. The third-order valence-corrected chi connectivity index (χ3v) is 5.73. The lowest BCUT2D eigenvalue weighted by Gasteiger charge is -2.26. The van der Waals surface area contributed by atoms with Crippen molar-refractivity contribution in [2.24, 2.45) is 5.92 Å². The highest BCUT2D eigenvalue weighted by Crippen LogP contribution is 2.39. The van der Waals surface area contributed by atoms with Gasteiger partial charge in [-0.3, -0.25) is 9.59 Å². The van der Waals surface area contributed by atoms with Crippen LogP contribution in [0.4, 0.5) is 0 Å². The molecular formula is C26H37Cl2NO3. The van der Waals surface area contributed by atoms with Crippen molar-refractivity contribution in [3.8, 4) is 0 Å². The normalized spacial score (nSPS) is 18.1. The minimum Gasteiger partial charge on any atom is -0.466 e. The number of benzene rings is 1. The van der Waals surface area contributed by atoms with Gasteiger partial charge in [-0.2, -0.15) is 0 Å². The molecule has 0 bridgehead atoms. The molecule has 6 heteroatoms. The van der Waals surface area contributed by atoms with Crippen LogP contribution in [-0.2, 0) is 14.3 Å². The number of hydrogen-bond donors (Lipinski definition) is 0. The first-order valence-electron chi connectivity index (χ1n) is 11.3. The number of alkyl halides is 1. The first-order chi connectivity index (χ1) is 15.3. The van der Waals surface area contributed by atoms with Gasteiger partial charge in [-0.15, -0.1) is 18.2 Å². The number of amides is 1. The number of nitrogens with zero attached hydrogens (tertiary/aromatic N) is 1. The van der Waals surface area contributed by atoms with Crippen molar-refractivity contribution in [1.29, 1.82) is 0 Å². The maximum Gasteiger partial charge on any atom is 0.307 e. The van der Waals surface area contributed by atoms with Crippen LogP contribution in [0.1, 0.15) is 69.9 Å². The molecule has 1 amide bonds. The largest absolute Gasteiger partial charge is 0.466 e. The number of carbonyl (C=O) groups excluding carboxylic acids is 2. The minimum absolute atomic E-state index is 0.101. The smallest absolute Gasteiger partial charge is 0.307 e. The Hall–Kier alpha value is -1.78. The average molecular weight is 482 g/mol. The van der Waals surface area contributed by atoms with Gasteiger partial charge in [0, 0.05) is 29.9 Å². The minimum atomic E-state index is -0.259. The molecule has 1 aliphatic heterocycles. The molecule has 1 aromatic carbocycles. The Labute approximate surface area is 203 Å². The number of halogens is 2. The van der Waals surface area contributed by atoms with Crippen LogP contribution in [0.2, 0.25) is 5.02 Å². The quantitative estimate of drug-likeness (QED) is 0.223. The monoisotopic (exact) mass is 481 g/mol. The van der Waals surface area contributed by atoms with E-state index in [4.69, 9.17) is 27.9 Å². The summed E-state index contributed by atoms with van der Waals surface area (Å²) in [6, 6.07) is 5.91. The second-order valence-electron chi connectivity index (χ2n) is 8.24. The molecule has 1 aliphatic rings. The lowest BCUT2D eigenvalue weighted by Crippen LogP contribution is -2.37. The fourth-order valence-electron chi connectivity index (χ4n) is 3.89. The highest BCUT2D eigenvalue weighted by Gasteiger charge is 2.35. The van der Waals surface area contributed by atoms with Crippen LogP contribution in [-0.4, -0.2) is 42.4 Å². The van der Waals surface area contributed by atoms with Gasteiger partial charge in [-0.1, -0.05) is 49.7 Å². The highest BCUT2D eigenvalue weighted by molar-refractivity contribution is 6.30. The van der Waals surface area contributed by atoms with Gasteiger partial charge in [0.15, 0.2) is 0 Å². The first-order valence-corrected chi connectivity index (χ1v) is 12.2. The van der Waals surface area contributed by atoms with Crippen LogP contribution in [0.3, 0.4) is 0 Å². The van der Waals surface area contributed by atoms with E-state index >= 15 is 0 Å². The number of fused-ring (bicyclic) bond motifs is 1. The Bertz CT molecular complexity index is 776. The van der Waals surface area contributed by atoms with E-state index in [-0.39, 0.29) is 30.1 Å². The summed E-state index contributed by atoms with van der Waals surface area (Å²) < 4.78 is 5.05. The molecule has 178 valence electrons. The molecule has 0 saturated heterocycles. The fourth-order valence-corrected chi connectivity index (χ4v) is 4.07. The summed E-state index contributed by atoms with van der Waals surface area (Å²) in [6.07, 6.45) is 7.64. The third-order valence-electron chi connectivity index (χ3n) is 5.28. The van der Waals surface area contributed by atoms with E-state index in [1.54, 1.807) is 13.0 Å². The van der Waals surface area contributed by atoms with Crippen molar-refractivity contribution in [3.05, 3.63) is 59.2 Å². The van der Waals surface area contributed by atoms with Gasteiger partial charge in [0.05, 0.1) is 18.9 Å². The van der Waals surface area contributed by atoms with E-state index in [2.05, 4.69) is 26.5 Å². The molecule has 2 atom stereocenters. The zero-order valence-electron chi connectivity index (χ0n) is 19.8. The van der Waals surface area contributed by atoms with Gasteiger partial charge in [0.1, 0.15) is 0 Å². The van der Waals surface area contributed by atoms with Crippen LogP contribution in [0.25, 0.3) is 0 Å². The number of hydrogen-bond acceptors (Lipinski definition) is 3. The zero-order chi connectivity index (χ0) is 24.1. The Balaban J connectivity index is 0.00000118. The van der Waals surface area contributed by atoms with Gasteiger partial charge < -0.3 is 9.64 Å². The van der Waals surface area contributed by atoms with E-state index in [0.717, 1.165) is 24.0 Å². The molecule has 4 nitrogen and oxygen atoms in total. The summed E-state index contributed by atoms with van der Waals surface area (Å²) in [7, 11) is 0. The highest BCUT2D eigenvalue weighted by atomic mass is 35.5. The van der Waals surface area contributed by atoms with Crippen LogP contribution in [0.15, 0.2) is 43.0 Å². The summed E-state index contributed by atoms with van der Waals surface area (Å²) in [5.74, 6) is 0.741. The van der Waals surface area contributed by atoms with E-state index in [1.165, 1.54) is 0 Å². The predicted molar refractivity (Wildman–Crippen MR) is 135 cm³/mol. The Morgan fingerprint density at radius 1 is 1.34 bits per heavy atom. The molecule has 2 unspecified atom stereocenters. The van der Waals surface area contributed by atoms with E-state index in [9.17, 15) is 9.59 Å². The number of esters is 1. The SMILES string of the molecule is C/C=C\CC1CN(CCC(=O)OCC)C(=O)C(CC(C)C)c2ccc(Cl)cc21.C=CCCl. The third kappa shape index (κ3) is 8.99. The summed E-state index contributed by atoms with van der Waals surface area (Å²) >= 11 is 11.4. The van der Waals surface area contributed by atoms with E-state index in [0.29, 0.717) is 36.5 Å². The molecule has 1 aromatic rings. The summed E-state index contributed by atoms with van der Waals surface area (Å²) in [6.45, 7) is 12.7. The van der Waals surface area contributed by atoms with E-state index in [1.807, 2.05) is 36.1 Å². The molecule has 2 rings (SSSR count). The second-order valence-corrected chi connectivity index (χ2v) is 8.98. The Morgan fingerprint density at radius 2 is 2.03 bits per heavy atom. The second kappa shape index (κ2) is 15.1. The van der Waals surface area contributed by atoms with Crippen LogP contribution in [0, 0.1) is 5.92 Å². The van der Waals surface area contributed by atoms with Crippen LogP contribution < -0.4 is 0 Å². The van der Waals surface area contributed by atoms with Crippen LogP contribution >= 0.6 is 23.2 Å². The zero-order valence-corrected chi connectivity index (χ0v) is 21.3. The Kier molecular flexibility index (Phi) is 13.4. The molecule has 0 aliphatic carbocycles.